The first kappa shape index (κ1) is 16.0. The Bertz CT molecular complexity index is 596. The van der Waals surface area contributed by atoms with Gasteiger partial charge in [-0.05, 0) is 36.8 Å². The summed E-state index contributed by atoms with van der Waals surface area (Å²) in [4.78, 5) is -0.247. The monoisotopic (exact) mass is 464 g/mol. The van der Waals surface area contributed by atoms with E-state index in [2.05, 4.69) is 47.8 Å². The summed E-state index contributed by atoms with van der Waals surface area (Å²) in [6, 6.07) is 10.7. The van der Waals surface area contributed by atoms with E-state index in [1.54, 1.807) is 6.07 Å². The fraction of sp³-hybridized carbons (Fsp3) is 0.200. The molecular formula is C15H12Br3FO. The lowest BCUT2D eigenvalue weighted by atomic mass is 10.0. The van der Waals surface area contributed by atoms with Crippen molar-refractivity contribution in [1.82, 2.24) is 0 Å². The van der Waals surface area contributed by atoms with Gasteiger partial charge in [0.2, 0.25) is 0 Å². The van der Waals surface area contributed by atoms with Crippen LogP contribution in [0.4, 0.5) is 4.39 Å². The van der Waals surface area contributed by atoms with Gasteiger partial charge in [-0.25, -0.2) is 4.39 Å². The van der Waals surface area contributed by atoms with Crippen LogP contribution in [0.15, 0.2) is 45.3 Å². The van der Waals surface area contributed by atoms with Gasteiger partial charge in [0.1, 0.15) is 11.6 Å². The third-order valence-electron chi connectivity index (χ3n) is 2.81. The van der Waals surface area contributed by atoms with E-state index in [1.807, 2.05) is 31.2 Å². The van der Waals surface area contributed by atoms with Crippen molar-refractivity contribution in [2.45, 2.75) is 11.8 Å². The van der Waals surface area contributed by atoms with Gasteiger partial charge in [-0.1, -0.05) is 59.9 Å². The lowest BCUT2D eigenvalue weighted by Gasteiger charge is -2.16. The average molecular weight is 467 g/mol. The predicted octanol–water partition coefficient (Wildman–Crippen LogP) is 6.23. The van der Waals surface area contributed by atoms with Crippen molar-refractivity contribution in [3.63, 3.8) is 0 Å². The Morgan fingerprint density at radius 1 is 1.15 bits per heavy atom. The molecule has 20 heavy (non-hydrogen) atoms. The number of alkyl halides is 1. The molecule has 2 aromatic carbocycles. The second-order valence-corrected chi connectivity index (χ2v) is 6.74. The quantitative estimate of drug-likeness (QED) is 0.485. The minimum absolute atomic E-state index is 0.247. The number of hydrogen-bond donors (Lipinski definition) is 0. The summed E-state index contributed by atoms with van der Waals surface area (Å²) in [6.07, 6.45) is 0. The van der Waals surface area contributed by atoms with Crippen LogP contribution in [0.1, 0.15) is 22.9 Å². The van der Waals surface area contributed by atoms with Crippen LogP contribution in [0.3, 0.4) is 0 Å². The van der Waals surface area contributed by atoms with Crippen LogP contribution in [0.2, 0.25) is 0 Å². The molecule has 1 unspecified atom stereocenters. The molecule has 0 aliphatic rings. The Morgan fingerprint density at radius 3 is 2.50 bits per heavy atom. The van der Waals surface area contributed by atoms with Gasteiger partial charge in [0, 0.05) is 14.5 Å². The number of rotatable bonds is 4. The summed E-state index contributed by atoms with van der Waals surface area (Å²) in [6.45, 7) is 2.55. The average Bonchev–Trinajstić information content (AvgIpc) is 2.38. The summed E-state index contributed by atoms with van der Waals surface area (Å²) < 4.78 is 21.1. The van der Waals surface area contributed by atoms with E-state index in [9.17, 15) is 4.39 Å². The Labute approximate surface area is 142 Å². The van der Waals surface area contributed by atoms with Gasteiger partial charge < -0.3 is 4.74 Å². The van der Waals surface area contributed by atoms with Crippen molar-refractivity contribution in [2.75, 3.05) is 6.61 Å². The molecule has 0 fully saturated rings. The lowest BCUT2D eigenvalue weighted by molar-refractivity contribution is 0.340. The minimum atomic E-state index is -0.248. The van der Waals surface area contributed by atoms with E-state index in [0.717, 1.165) is 20.3 Å². The number of halogens is 4. The first-order chi connectivity index (χ1) is 9.54. The molecule has 1 atom stereocenters. The molecule has 0 aliphatic carbocycles. The smallest absolute Gasteiger partial charge is 0.129 e. The van der Waals surface area contributed by atoms with E-state index < -0.39 is 0 Å². The molecule has 0 aliphatic heterocycles. The van der Waals surface area contributed by atoms with Crippen LogP contribution in [-0.4, -0.2) is 6.61 Å². The van der Waals surface area contributed by atoms with Gasteiger partial charge in [-0.2, -0.15) is 0 Å². The maximum absolute atomic E-state index is 14.0. The molecule has 1 nitrogen and oxygen atoms in total. The Balaban J connectivity index is 2.41. The third kappa shape index (κ3) is 3.43. The standard InChI is InChI=1S/C15H12Br3FO/c1-2-20-9-6-7-10(12(17)8-9)15(18)14-11(16)4-3-5-13(14)19/h3-8,15H,2H2,1H3. The molecule has 0 amide bonds. The van der Waals surface area contributed by atoms with Crippen molar-refractivity contribution in [3.05, 3.63) is 62.3 Å². The van der Waals surface area contributed by atoms with Gasteiger partial charge in [-0.15, -0.1) is 0 Å². The van der Waals surface area contributed by atoms with Gasteiger partial charge in [0.15, 0.2) is 0 Å². The fourth-order valence-corrected chi connectivity index (χ4v) is 4.51. The number of benzene rings is 2. The molecule has 0 spiro atoms. The Morgan fingerprint density at radius 2 is 1.90 bits per heavy atom. The normalized spacial score (nSPS) is 12.2. The van der Waals surface area contributed by atoms with E-state index in [4.69, 9.17) is 4.74 Å². The van der Waals surface area contributed by atoms with Gasteiger partial charge in [0.25, 0.3) is 0 Å². The molecule has 2 aromatic rings. The van der Waals surface area contributed by atoms with Gasteiger partial charge >= 0.3 is 0 Å². The summed E-state index contributed by atoms with van der Waals surface area (Å²) in [5, 5.41) is 0. The van der Waals surface area contributed by atoms with Crippen molar-refractivity contribution >= 4 is 47.8 Å². The second kappa shape index (κ2) is 7.05. The highest BCUT2D eigenvalue weighted by Crippen LogP contribution is 2.40. The molecule has 0 bridgehead atoms. The molecule has 0 N–H and O–H groups in total. The molecule has 0 aromatic heterocycles. The summed E-state index contributed by atoms with van der Waals surface area (Å²) in [7, 11) is 0. The van der Waals surface area contributed by atoms with Crippen LogP contribution in [0, 0.1) is 5.82 Å². The molecule has 0 radical (unpaired) electrons. The molecule has 0 saturated heterocycles. The third-order valence-corrected chi connectivity index (χ3v) is 5.14. The molecule has 0 heterocycles. The van der Waals surface area contributed by atoms with Gasteiger partial charge in [-0.3, -0.25) is 0 Å². The van der Waals surface area contributed by atoms with E-state index >= 15 is 0 Å². The first-order valence-electron chi connectivity index (χ1n) is 6.04. The van der Waals surface area contributed by atoms with Crippen LogP contribution in [0.5, 0.6) is 5.75 Å². The highest BCUT2D eigenvalue weighted by molar-refractivity contribution is 9.11. The lowest BCUT2D eigenvalue weighted by Crippen LogP contribution is -2.00. The zero-order valence-corrected chi connectivity index (χ0v) is 15.4. The predicted molar refractivity (Wildman–Crippen MR) is 90.2 cm³/mol. The Kier molecular flexibility index (Phi) is 5.64. The van der Waals surface area contributed by atoms with Gasteiger partial charge in [0.05, 0.1) is 11.4 Å². The highest BCUT2D eigenvalue weighted by Gasteiger charge is 2.20. The molecule has 2 rings (SSSR count). The SMILES string of the molecule is CCOc1ccc(C(Br)c2c(F)cccc2Br)c(Br)c1. The Hall–Kier alpha value is -0.390. The van der Waals surface area contributed by atoms with Crippen LogP contribution < -0.4 is 4.74 Å². The molecule has 5 heteroatoms. The van der Waals surface area contributed by atoms with Crippen molar-refractivity contribution in [2.24, 2.45) is 0 Å². The maximum atomic E-state index is 14.0. The fourth-order valence-electron chi connectivity index (χ4n) is 1.88. The van der Waals surface area contributed by atoms with Crippen molar-refractivity contribution in [3.8, 4) is 5.75 Å². The highest BCUT2D eigenvalue weighted by atomic mass is 79.9. The summed E-state index contributed by atoms with van der Waals surface area (Å²) in [5.74, 6) is 0.539. The largest absolute Gasteiger partial charge is 0.494 e. The molecule has 106 valence electrons. The second-order valence-electron chi connectivity index (χ2n) is 4.11. The van der Waals surface area contributed by atoms with Crippen LogP contribution in [-0.2, 0) is 0 Å². The van der Waals surface area contributed by atoms with Crippen LogP contribution in [0.25, 0.3) is 0 Å². The minimum Gasteiger partial charge on any atom is -0.494 e. The topological polar surface area (TPSA) is 9.23 Å². The zero-order valence-electron chi connectivity index (χ0n) is 10.7. The van der Waals surface area contributed by atoms with Crippen molar-refractivity contribution < 1.29 is 9.13 Å². The number of ether oxygens (including phenoxy) is 1. The zero-order chi connectivity index (χ0) is 14.7. The number of hydrogen-bond acceptors (Lipinski definition) is 1. The van der Waals surface area contributed by atoms with E-state index in [-0.39, 0.29) is 10.6 Å². The van der Waals surface area contributed by atoms with Crippen LogP contribution >= 0.6 is 47.8 Å². The maximum Gasteiger partial charge on any atom is 0.129 e. The summed E-state index contributed by atoms with van der Waals surface area (Å²) >= 11 is 10.5. The van der Waals surface area contributed by atoms with E-state index in [1.165, 1.54) is 6.07 Å². The first-order valence-corrected chi connectivity index (χ1v) is 8.55. The van der Waals surface area contributed by atoms with Crippen molar-refractivity contribution in [1.29, 1.82) is 0 Å². The molecular weight excluding hydrogens is 455 g/mol. The summed E-state index contributed by atoms with van der Waals surface area (Å²) in [5.41, 5.74) is 1.52. The van der Waals surface area contributed by atoms with E-state index in [0.29, 0.717) is 12.2 Å². The molecule has 0 saturated carbocycles.